The van der Waals surface area contributed by atoms with Crippen molar-refractivity contribution in [3.63, 3.8) is 0 Å². The minimum atomic E-state index is 0.408. The Morgan fingerprint density at radius 1 is 1.17 bits per heavy atom. The van der Waals surface area contributed by atoms with Crippen LogP contribution < -0.4 is 4.74 Å². The maximum atomic E-state index is 8.76. The normalized spacial score (nSPS) is 9.83. The number of nitrogens with zero attached hydrogens (tertiary/aromatic N) is 1. The molecule has 0 saturated carbocycles. The van der Waals surface area contributed by atoms with Gasteiger partial charge in [0.15, 0.2) is 0 Å². The smallest absolute Gasteiger partial charge is 0.121 e. The van der Waals surface area contributed by atoms with Crippen LogP contribution in [0.2, 0.25) is 5.02 Å². The second-order valence-electron chi connectivity index (χ2n) is 3.67. The van der Waals surface area contributed by atoms with E-state index in [1.165, 1.54) is 0 Å². The number of halogens is 2. The van der Waals surface area contributed by atoms with Crippen LogP contribution in [0, 0.1) is 11.3 Å². The molecule has 0 atom stereocenters. The second kappa shape index (κ2) is 5.90. The van der Waals surface area contributed by atoms with Crippen LogP contribution in [0.15, 0.2) is 46.9 Å². The van der Waals surface area contributed by atoms with E-state index >= 15 is 0 Å². The fourth-order valence-electron chi connectivity index (χ4n) is 1.42. The van der Waals surface area contributed by atoms with Gasteiger partial charge in [-0.15, -0.1) is 0 Å². The lowest BCUT2D eigenvalue weighted by Crippen LogP contribution is -1.95. The number of nitriles is 1. The molecule has 18 heavy (non-hydrogen) atoms. The van der Waals surface area contributed by atoms with Gasteiger partial charge in [-0.05, 0) is 29.8 Å². The lowest BCUT2D eigenvalue weighted by atomic mass is 10.2. The van der Waals surface area contributed by atoms with Gasteiger partial charge in [0, 0.05) is 10.5 Å². The monoisotopic (exact) mass is 321 g/mol. The van der Waals surface area contributed by atoms with Gasteiger partial charge >= 0.3 is 0 Å². The van der Waals surface area contributed by atoms with Crippen LogP contribution >= 0.6 is 27.5 Å². The van der Waals surface area contributed by atoms with E-state index in [2.05, 4.69) is 15.9 Å². The van der Waals surface area contributed by atoms with E-state index in [1.807, 2.05) is 30.3 Å². The highest BCUT2D eigenvalue weighted by molar-refractivity contribution is 9.10. The van der Waals surface area contributed by atoms with Crippen molar-refractivity contribution in [3.05, 3.63) is 63.1 Å². The Hall–Kier alpha value is -1.50. The first-order valence-corrected chi connectivity index (χ1v) is 6.43. The lowest BCUT2D eigenvalue weighted by molar-refractivity contribution is 0.306. The number of ether oxygens (including phenoxy) is 1. The molecule has 0 aromatic heterocycles. The summed E-state index contributed by atoms with van der Waals surface area (Å²) in [5.74, 6) is 0.655. The zero-order valence-electron chi connectivity index (χ0n) is 9.36. The first-order valence-electron chi connectivity index (χ1n) is 5.26. The van der Waals surface area contributed by atoms with E-state index in [-0.39, 0.29) is 0 Å². The molecule has 0 amide bonds. The number of hydrogen-bond acceptors (Lipinski definition) is 2. The van der Waals surface area contributed by atoms with Crippen molar-refractivity contribution in [3.8, 4) is 11.8 Å². The summed E-state index contributed by atoms with van der Waals surface area (Å²) in [6, 6.07) is 14.9. The highest BCUT2D eigenvalue weighted by Gasteiger charge is 2.02. The SMILES string of the molecule is N#Cc1ccc(OCc2ccc(Br)cc2)cc1Cl. The summed E-state index contributed by atoms with van der Waals surface area (Å²) < 4.78 is 6.64. The molecular formula is C14H9BrClNO. The van der Waals surface area contributed by atoms with Crippen LogP contribution in [0.4, 0.5) is 0 Å². The van der Waals surface area contributed by atoms with Gasteiger partial charge in [-0.1, -0.05) is 39.7 Å². The van der Waals surface area contributed by atoms with Gasteiger partial charge in [0.1, 0.15) is 18.4 Å². The molecule has 0 radical (unpaired) electrons. The van der Waals surface area contributed by atoms with Crippen molar-refractivity contribution in [1.29, 1.82) is 5.26 Å². The van der Waals surface area contributed by atoms with Crippen LogP contribution in [-0.4, -0.2) is 0 Å². The Balaban J connectivity index is 2.04. The van der Waals surface area contributed by atoms with Crippen LogP contribution in [-0.2, 0) is 6.61 Å². The molecule has 0 N–H and O–H groups in total. The fourth-order valence-corrected chi connectivity index (χ4v) is 1.90. The van der Waals surface area contributed by atoms with Gasteiger partial charge in [0.25, 0.3) is 0 Å². The molecule has 2 rings (SSSR count). The van der Waals surface area contributed by atoms with Gasteiger partial charge in [-0.2, -0.15) is 5.26 Å². The molecule has 0 bridgehead atoms. The van der Waals surface area contributed by atoms with Crippen molar-refractivity contribution in [2.24, 2.45) is 0 Å². The summed E-state index contributed by atoms with van der Waals surface area (Å²) in [6.07, 6.45) is 0. The van der Waals surface area contributed by atoms with Gasteiger partial charge in [-0.25, -0.2) is 0 Å². The van der Waals surface area contributed by atoms with Gasteiger partial charge in [-0.3, -0.25) is 0 Å². The maximum Gasteiger partial charge on any atom is 0.121 e. The standard InChI is InChI=1S/C14H9BrClNO/c15-12-4-1-10(2-5-12)9-18-13-6-3-11(8-17)14(16)7-13/h1-7H,9H2. The molecule has 2 aromatic carbocycles. The average Bonchev–Trinajstić information content (AvgIpc) is 2.38. The number of rotatable bonds is 3. The van der Waals surface area contributed by atoms with Crippen molar-refractivity contribution in [2.75, 3.05) is 0 Å². The molecule has 90 valence electrons. The van der Waals surface area contributed by atoms with Crippen molar-refractivity contribution in [1.82, 2.24) is 0 Å². The summed E-state index contributed by atoms with van der Waals surface area (Å²) >= 11 is 9.30. The third-order valence-electron chi connectivity index (χ3n) is 2.38. The van der Waals surface area contributed by atoms with E-state index < -0.39 is 0 Å². The van der Waals surface area contributed by atoms with Crippen molar-refractivity contribution < 1.29 is 4.74 Å². The Morgan fingerprint density at radius 2 is 1.89 bits per heavy atom. The third-order valence-corrected chi connectivity index (χ3v) is 3.22. The van der Waals surface area contributed by atoms with Gasteiger partial charge in [0.05, 0.1) is 10.6 Å². The van der Waals surface area contributed by atoms with E-state index in [0.29, 0.717) is 22.9 Å². The molecule has 4 heteroatoms. The average molecular weight is 323 g/mol. The van der Waals surface area contributed by atoms with Crippen LogP contribution in [0.1, 0.15) is 11.1 Å². The quantitative estimate of drug-likeness (QED) is 0.830. The maximum absolute atomic E-state index is 8.76. The van der Waals surface area contributed by atoms with E-state index in [0.717, 1.165) is 10.0 Å². The fraction of sp³-hybridized carbons (Fsp3) is 0.0714. The van der Waals surface area contributed by atoms with Crippen LogP contribution in [0.5, 0.6) is 5.75 Å². The molecule has 0 heterocycles. The van der Waals surface area contributed by atoms with E-state index in [9.17, 15) is 0 Å². The highest BCUT2D eigenvalue weighted by atomic mass is 79.9. The Labute approximate surface area is 119 Å². The molecule has 0 aliphatic carbocycles. The number of hydrogen-bond donors (Lipinski definition) is 0. The molecule has 0 saturated heterocycles. The summed E-state index contributed by atoms with van der Waals surface area (Å²) in [5.41, 5.74) is 1.52. The van der Waals surface area contributed by atoms with Crippen molar-refractivity contribution >= 4 is 27.5 Å². The summed E-state index contributed by atoms with van der Waals surface area (Å²) in [6.45, 7) is 0.468. The zero-order chi connectivity index (χ0) is 13.0. The predicted molar refractivity (Wildman–Crippen MR) is 74.6 cm³/mol. The van der Waals surface area contributed by atoms with Crippen LogP contribution in [0.25, 0.3) is 0 Å². The number of benzene rings is 2. The van der Waals surface area contributed by atoms with Crippen molar-refractivity contribution in [2.45, 2.75) is 6.61 Å². The topological polar surface area (TPSA) is 33.0 Å². The summed E-state index contributed by atoms with van der Waals surface area (Å²) in [5, 5.41) is 9.17. The molecule has 2 aromatic rings. The molecule has 0 aliphatic rings. The van der Waals surface area contributed by atoms with E-state index in [1.54, 1.807) is 18.2 Å². The second-order valence-corrected chi connectivity index (χ2v) is 4.99. The molecule has 0 unspecified atom stereocenters. The van der Waals surface area contributed by atoms with E-state index in [4.69, 9.17) is 21.6 Å². The Kier molecular flexibility index (Phi) is 4.24. The minimum absolute atomic E-state index is 0.408. The van der Waals surface area contributed by atoms with Gasteiger partial charge in [0.2, 0.25) is 0 Å². The first-order chi connectivity index (χ1) is 8.69. The molecular weight excluding hydrogens is 314 g/mol. The molecule has 0 aliphatic heterocycles. The molecule has 0 fully saturated rings. The molecule has 0 spiro atoms. The Morgan fingerprint density at radius 3 is 2.50 bits per heavy atom. The zero-order valence-corrected chi connectivity index (χ0v) is 11.7. The summed E-state index contributed by atoms with van der Waals surface area (Å²) in [4.78, 5) is 0. The van der Waals surface area contributed by atoms with Gasteiger partial charge < -0.3 is 4.74 Å². The molecule has 2 nitrogen and oxygen atoms in total. The minimum Gasteiger partial charge on any atom is -0.489 e. The third kappa shape index (κ3) is 3.25. The van der Waals surface area contributed by atoms with Crippen LogP contribution in [0.3, 0.4) is 0 Å². The lowest BCUT2D eigenvalue weighted by Gasteiger charge is -2.07. The Bertz CT molecular complexity index is 590. The summed E-state index contributed by atoms with van der Waals surface area (Å²) in [7, 11) is 0. The first kappa shape index (κ1) is 12.9. The highest BCUT2D eigenvalue weighted by Crippen LogP contribution is 2.22. The predicted octanol–water partition coefficient (Wildman–Crippen LogP) is 4.55. The largest absolute Gasteiger partial charge is 0.489 e.